The first kappa shape index (κ1) is 15.1. The average molecular weight is 327 g/mol. The van der Waals surface area contributed by atoms with Crippen molar-refractivity contribution in [2.24, 2.45) is 0 Å². The van der Waals surface area contributed by atoms with Gasteiger partial charge in [0, 0.05) is 12.1 Å². The van der Waals surface area contributed by atoms with Crippen molar-refractivity contribution in [3.63, 3.8) is 0 Å². The minimum atomic E-state index is -4.08. The lowest BCUT2D eigenvalue weighted by atomic mass is 10.3. The Kier molecular flexibility index (Phi) is 4.31. The summed E-state index contributed by atoms with van der Waals surface area (Å²) in [4.78, 5) is 23.4. The molecule has 0 saturated carbocycles. The van der Waals surface area contributed by atoms with Crippen molar-refractivity contribution in [3.05, 3.63) is 56.8 Å². The Morgan fingerprint density at radius 1 is 1.24 bits per heavy atom. The van der Waals surface area contributed by atoms with E-state index in [1.807, 2.05) is 10.3 Å². The van der Waals surface area contributed by atoms with Gasteiger partial charge in [-0.05, 0) is 17.5 Å². The van der Waals surface area contributed by atoms with Crippen LogP contribution < -0.4 is 10.3 Å². The van der Waals surface area contributed by atoms with Gasteiger partial charge in [-0.15, -0.1) is 16.2 Å². The Morgan fingerprint density at radius 3 is 2.62 bits per heavy atom. The van der Waals surface area contributed by atoms with Crippen LogP contribution >= 0.6 is 11.3 Å². The van der Waals surface area contributed by atoms with E-state index in [2.05, 4.69) is 0 Å². The summed E-state index contributed by atoms with van der Waals surface area (Å²) in [5.74, 6) is -0.612. The van der Waals surface area contributed by atoms with Gasteiger partial charge in [-0.2, -0.15) is 0 Å². The van der Waals surface area contributed by atoms with Crippen molar-refractivity contribution in [2.45, 2.75) is 4.90 Å². The molecule has 8 nitrogen and oxygen atoms in total. The van der Waals surface area contributed by atoms with Gasteiger partial charge >= 0.3 is 0 Å². The van der Waals surface area contributed by atoms with E-state index in [4.69, 9.17) is 0 Å². The predicted octanol–water partition coefficient (Wildman–Crippen LogP) is 1.28. The summed E-state index contributed by atoms with van der Waals surface area (Å²) < 4.78 is 23.9. The normalized spacial score (nSPS) is 11.0. The summed E-state index contributed by atoms with van der Waals surface area (Å²) in [5.41, 5.74) is 1.68. The fraction of sp³-hybridized carbons (Fsp3) is 0. The van der Waals surface area contributed by atoms with Crippen LogP contribution in [-0.2, 0) is 10.0 Å². The quantitative estimate of drug-likeness (QED) is 0.633. The first-order valence-electron chi connectivity index (χ1n) is 5.50. The van der Waals surface area contributed by atoms with Crippen LogP contribution in [0.5, 0.6) is 0 Å². The third-order valence-electron chi connectivity index (χ3n) is 2.38. The summed E-state index contributed by atoms with van der Waals surface area (Å²) >= 11 is 1.15. The van der Waals surface area contributed by atoms with E-state index in [0.29, 0.717) is 4.88 Å². The van der Waals surface area contributed by atoms with Crippen LogP contribution in [0.1, 0.15) is 9.67 Å². The van der Waals surface area contributed by atoms with E-state index in [0.717, 1.165) is 17.4 Å². The number of rotatable bonds is 5. The summed E-state index contributed by atoms with van der Waals surface area (Å²) in [6.07, 6.45) is 0. The summed E-state index contributed by atoms with van der Waals surface area (Å²) in [7, 11) is -4.08. The zero-order valence-corrected chi connectivity index (χ0v) is 12.0. The first-order valence-corrected chi connectivity index (χ1v) is 7.86. The van der Waals surface area contributed by atoms with Gasteiger partial charge in [0.2, 0.25) is 0 Å². The van der Waals surface area contributed by atoms with Crippen LogP contribution in [0.15, 0.2) is 46.7 Å². The standard InChI is InChI=1S/C11H9N3O5S2/c15-11(10-5-2-6-20-10)12-13-21(18,19)9-4-1-3-8(7-9)14(16)17/h1-7,13H,(H,12,15). The minimum absolute atomic E-state index is 0.317. The molecule has 0 aliphatic heterocycles. The Morgan fingerprint density at radius 2 is 2.00 bits per heavy atom. The number of nitro benzene ring substituents is 1. The lowest BCUT2D eigenvalue weighted by molar-refractivity contribution is -0.385. The number of nitro groups is 1. The zero-order valence-electron chi connectivity index (χ0n) is 10.3. The first-order chi connectivity index (χ1) is 9.90. The van der Waals surface area contributed by atoms with Crippen LogP contribution in [0.25, 0.3) is 0 Å². The molecular formula is C11H9N3O5S2. The summed E-state index contributed by atoms with van der Waals surface area (Å²) in [5, 5.41) is 12.3. The van der Waals surface area contributed by atoms with Crippen LogP contribution in [0, 0.1) is 10.1 Å². The number of hydrogen-bond acceptors (Lipinski definition) is 6. The molecule has 1 heterocycles. The molecule has 2 rings (SSSR count). The topological polar surface area (TPSA) is 118 Å². The fourth-order valence-corrected chi connectivity index (χ4v) is 2.90. The molecule has 110 valence electrons. The second kappa shape index (κ2) is 5.99. The third-order valence-corrected chi connectivity index (χ3v) is 4.50. The molecule has 0 fully saturated rings. The molecule has 1 amide bonds. The van der Waals surface area contributed by atoms with Crippen molar-refractivity contribution < 1.29 is 18.1 Å². The second-order valence-corrected chi connectivity index (χ2v) is 6.42. The van der Waals surface area contributed by atoms with Gasteiger partial charge in [0.25, 0.3) is 21.6 Å². The molecule has 1 aromatic carbocycles. The summed E-state index contributed by atoms with van der Waals surface area (Å²) in [6, 6.07) is 7.68. The number of nitrogens with one attached hydrogen (secondary N) is 2. The molecule has 0 spiro atoms. The zero-order chi connectivity index (χ0) is 15.5. The highest BCUT2D eigenvalue weighted by molar-refractivity contribution is 7.89. The number of nitrogens with zero attached hydrogens (tertiary/aromatic N) is 1. The number of hydrazine groups is 1. The SMILES string of the molecule is O=C(NNS(=O)(=O)c1cccc([N+](=O)[O-])c1)c1cccs1. The lowest BCUT2D eigenvalue weighted by Crippen LogP contribution is -2.41. The third kappa shape index (κ3) is 3.62. The number of sulfonamides is 1. The van der Waals surface area contributed by atoms with Gasteiger partial charge in [0.15, 0.2) is 0 Å². The molecule has 2 aromatic rings. The maximum absolute atomic E-state index is 11.9. The number of hydrogen-bond donors (Lipinski definition) is 2. The van der Waals surface area contributed by atoms with Crippen LogP contribution in [-0.4, -0.2) is 19.2 Å². The molecule has 2 N–H and O–H groups in total. The highest BCUT2D eigenvalue weighted by Gasteiger charge is 2.18. The average Bonchev–Trinajstić information content (AvgIpc) is 2.99. The number of carbonyl (C=O) groups is 1. The van der Waals surface area contributed by atoms with Crippen LogP contribution in [0.3, 0.4) is 0 Å². The number of non-ortho nitro benzene ring substituents is 1. The Labute approximate surface area is 123 Å². The molecular weight excluding hydrogens is 318 g/mol. The monoisotopic (exact) mass is 327 g/mol. The van der Waals surface area contributed by atoms with Gasteiger partial charge < -0.3 is 0 Å². The summed E-state index contributed by atoms with van der Waals surface area (Å²) in [6.45, 7) is 0. The van der Waals surface area contributed by atoms with Crippen molar-refractivity contribution in [1.29, 1.82) is 0 Å². The number of thiophene rings is 1. The maximum atomic E-state index is 11.9. The second-order valence-electron chi connectivity index (χ2n) is 3.79. The van der Waals surface area contributed by atoms with E-state index in [1.54, 1.807) is 11.4 Å². The van der Waals surface area contributed by atoms with E-state index in [1.165, 1.54) is 24.3 Å². The minimum Gasteiger partial charge on any atom is -0.273 e. The molecule has 0 aliphatic carbocycles. The number of benzene rings is 1. The molecule has 10 heteroatoms. The Bertz CT molecular complexity index is 771. The molecule has 0 unspecified atom stereocenters. The van der Waals surface area contributed by atoms with Crippen molar-refractivity contribution in [2.75, 3.05) is 0 Å². The number of amides is 1. The van der Waals surface area contributed by atoms with Crippen molar-refractivity contribution in [3.8, 4) is 0 Å². The van der Waals surface area contributed by atoms with Gasteiger partial charge in [-0.1, -0.05) is 12.1 Å². The Hall–Kier alpha value is -2.30. The van der Waals surface area contributed by atoms with Crippen LogP contribution in [0.2, 0.25) is 0 Å². The Balaban J connectivity index is 2.13. The van der Waals surface area contributed by atoms with Crippen LogP contribution in [0.4, 0.5) is 5.69 Å². The smallest absolute Gasteiger partial charge is 0.273 e. The van der Waals surface area contributed by atoms with E-state index < -0.39 is 20.9 Å². The highest BCUT2D eigenvalue weighted by Crippen LogP contribution is 2.16. The fourth-order valence-electron chi connectivity index (χ4n) is 1.41. The largest absolute Gasteiger partial charge is 0.276 e. The van der Waals surface area contributed by atoms with E-state index in [9.17, 15) is 23.3 Å². The molecule has 21 heavy (non-hydrogen) atoms. The maximum Gasteiger partial charge on any atom is 0.276 e. The molecule has 0 saturated heterocycles. The van der Waals surface area contributed by atoms with Gasteiger partial charge in [0.1, 0.15) is 0 Å². The predicted molar refractivity (Wildman–Crippen MR) is 75.2 cm³/mol. The molecule has 0 atom stereocenters. The molecule has 0 bridgehead atoms. The van der Waals surface area contributed by atoms with Crippen molar-refractivity contribution >= 4 is 33.0 Å². The number of carbonyl (C=O) groups excluding carboxylic acids is 1. The van der Waals surface area contributed by atoms with E-state index in [-0.39, 0.29) is 10.6 Å². The molecule has 0 aliphatic rings. The van der Waals surface area contributed by atoms with Crippen molar-refractivity contribution in [1.82, 2.24) is 10.3 Å². The lowest BCUT2D eigenvalue weighted by Gasteiger charge is -2.07. The van der Waals surface area contributed by atoms with Gasteiger partial charge in [-0.3, -0.25) is 20.3 Å². The molecule has 0 radical (unpaired) electrons. The van der Waals surface area contributed by atoms with Gasteiger partial charge in [-0.25, -0.2) is 8.42 Å². The molecule has 1 aromatic heterocycles. The van der Waals surface area contributed by atoms with E-state index >= 15 is 0 Å². The van der Waals surface area contributed by atoms with Gasteiger partial charge in [0.05, 0.1) is 14.7 Å². The highest BCUT2D eigenvalue weighted by atomic mass is 32.2.